The van der Waals surface area contributed by atoms with Crippen molar-refractivity contribution in [2.45, 2.75) is 39.0 Å². The van der Waals surface area contributed by atoms with Gasteiger partial charge in [-0.25, -0.2) is 4.79 Å². The van der Waals surface area contributed by atoms with Gasteiger partial charge in [-0.3, -0.25) is 20.2 Å². The molecule has 0 aromatic rings. The molecule has 96 valence electrons. The SMILES string of the molecule is CCC1(C2=CCCCC2)C(=O)NC(=O)NC1=O.[Ca+2].[H-].[H-]. The second kappa shape index (κ2) is 6.17. The predicted octanol–water partition coefficient (Wildman–Crippen LogP) is 1.09. The molecule has 0 saturated carbocycles. The number of allylic oxidation sites excluding steroid dienone is 1. The summed E-state index contributed by atoms with van der Waals surface area (Å²) in [4.78, 5) is 35.2. The fourth-order valence-electron chi connectivity index (χ4n) is 2.62. The van der Waals surface area contributed by atoms with Crippen LogP contribution in [0.5, 0.6) is 0 Å². The van der Waals surface area contributed by atoms with Crippen LogP contribution in [0.3, 0.4) is 0 Å². The Morgan fingerprint density at radius 2 is 1.83 bits per heavy atom. The van der Waals surface area contributed by atoms with E-state index < -0.39 is 23.3 Å². The van der Waals surface area contributed by atoms with Crippen molar-refractivity contribution < 1.29 is 17.2 Å². The van der Waals surface area contributed by atoms with Crippen LogP contribution in [0.2, 0.25) is 0 Å². The van der Waals surface area contributed by atoms with Gasteiger partial charge < -0.3 is 2.85 Å². The van der Waals surface area contributed by atoms with Crippen molar-refractivity contribution in [3.05, 3.63) is 11.6 Å². The molecule has 2 rings (SSSR count). The molecule has 0 bridgehead atoms. The third kappa shape index (κ3) is 2.49. The standard InChI is InChI=1S/C12H16N2O3.Ca.2H/c1-2-12(8-6-4-3-5-7-8)9(15)13-11(17)14-10(12)16;;;/h6H,2-5,7H2,1H3,(H2,13,14,15,16,17);;;/q;+2;2*-1. The molecule has 5 nitrogen and oxygen atoms in total. The number of hydrogen-bond acceptors (Lipinski definition) is 3. The number of carbonyl (C=O) groups is 3. The first-order chi connectivity index (χ1) is 8.11. The molecule has 1 aliphatic heterocycles. The third-order valence-electron chi connectivity index (χ3n) is 3.60. The molecular formula is C12H18CaN2O3. The minimum Gasteiger partial charge on any atom is -1.00 e. The first kappa shape index (κ1) is 15.7. The molecule has 0 radical (unpaired) electrons. The molecule has 0 unspecified atom stereocenters. The fraction of sp³-hybridized carbons (Fsp3) is 0.583. The van der Waals surface area contributed by atoms with E-state index in [-0.39, 0.29) is 40.6 Å². The second-order valence-corrected chi connectivity index (χ2v) is 4.47. The molecule has 1 saturated heterocycles. The van der Waals surface area contributed by atoms with Crippen LogP contribution in [-0.2, 0) is 9.59 Å². The van der Waals surface area contributed by atoms with Crippen molar-refractivity contribution in [2.24, 2.45) is 5.41 Å². The van der Waals surface area contributed by atoms with Gasteiger partial charge in [0.15, 0.2) is 0 Å². The van der Waals surface area contributed by atoms with E-state index in [2.05, 4.69) is 10.6 Å². The van der Waals surface area contributed by atoms with Gasteiger partial charge >= 0.3 is 43.8 Å². The van der Waals surface area contributed by atoms with Crippen molar-refractivity contribution in [1.29, 1.82) is 0 Å². The van der Waals surface area contributed by atoms with Crippen molar-refractivity contribution >= 4 is 55.6 Å². The van der Waals surface area contributed by atoms with Gasteiger partial charge in [0, 0.05) is 0 Å². The zero-order chi connectivity index (χ0) is 12.5. The van der Waals surface area contributed by atoms with Gasteiger partial charge in [-0.2, -0.15) is 0 Å². The number of hydrogen-bond donors (Lipinski definition) is 2. The van der Waals surface area contributed by atoms with Gasteiger partial charge in [0.2, 0.25) is 11.8 Å². The largest absolute Gasteiger partial charge is 2.00 e. The Bertz CT molecular complexity index is 407. The molecule has 0 atom stereocenters. The Kier molecular flexibility index (Phi) is 5.37. The summed E-state index contributed by atoms with van der Waals surface area (Å²) in [6.45, 7) is 1.80. The Morgan fingerprint density at radius 3 is 2.28 bits per heavy atom. The van der Waals surface area contributed by atoms with E-state index in [1.807, 2.05) is 6.08 Å². The van der Waals surface area contributed by atoms with Crippen molar-refractivity contribution in [2.75, 3.05) is 0 Å². The molecule has 6 heteroatoms. The number of nitrogens with one attached hydrogen (secondary N) is 2. The summed E-state index contributed by atoms with van der Waals surface area (Å²) in [5.41, 5.74) is -0.317. The van der Waals surface area contributed by atoms with Gasteiger partial charge in [-0.1, -0.05) is 13.0 Å². The third-order valence-corrected chi connectivity index (χ3v) is 3.60. The Hall–Kier alpha value is -0.390. The number of carbonyl (C=O) groups excluding carboxylic acids is 3. The summed E-state index contributed by atoms with van der Waals surface area (Å²) in [7, 11) is 0. The van der Waals surface area contributed by atoms with E-state index in [4.69, 9.17) is 0 Å². The average molecular weight is 278 g/mol. The number of rotatable bonds is 2. The Morgan fingerprint density at radius 1 is 1.22 bits per heavy atom. The summed E-state index contributed by atoms with van der Waals surface area (Å²) >= 11 is 0. The summed E-state index contributed by atoms with van der Waals surface area (Å²) < 4.78 is 0. The molecule has 1 fully saturated rings. The monoisotopic (exact) mass is 278 g/mol. The van der Waals surface area contributed by atoms with Crippen molar-refractivity contribution in [3.63, 3.8) is 0 Å². The summed E-state index contributed by atoms with van der Waals surface area (Å²) in [5, 5.41) is 4.40. The van der Waals surface area contributed by atoms with E-state index >= 15 is 0 Å². The van der Waals surface area contributed by atoms with E-state index in [0.29, 0.717) is 6.42 Å². The van der Waals surface area contributed by atoms with Crippen LogP contribution in [0, 0.1) is 5.41 Å². The Labute approximate surface area is 139 Å². The first-order valence-electron chi connectivity index (χ1n) is 5.97. The molecule has 18 heavy (non-hydrogen) atoms. The molecule has 1 heterocycles. The van der Waals surface area contributed by atoms with Crippen LogP contribution in [0.25, 0.3) is 0 Å². The van der Waals surface area contributed by atoms with Crippen LogP contribution in [-0.4, -0.2) is 55.6 Å². The van der Waals surface area contributed by atoms with Crippen LogP contribution in [0.15, 0.2) is 11.6 Å². The number of amides is 4. The molecule has 0 aromatic heterocycles. The Balaban J connectivity index is 0. The van der Waals surface area contributed by atoms with Crippen LogP contribution in [0.1, 0.15) is 41.9 Å². The molecule has 2 N–H and O–H groups in total. The minimum absolute atomic E-state index is 0. The molecular weight excluding hydrogens is 260 g/mol. The number of barbiturate groups is 1. The normalized spacial score (nSPS) is 22.5. The quantitative estimate of drug-likeness (QED) is 0.451. The van der Waals surface area contributed by atoms with Gasteiger partial charge in [-0.15, -0.1) is 0 Å². The molecule has 0 aromatic carbocycles. The van der Waals surface area contributed by atoms with Gasteiger partial charge in [0.1, 0.15) is 5.41 Å². The minimum atomic E-state index is -1.17. The zero-order valence-electron chi connectivity index (χ0n) is 12.5. The van der Waals surface area contributed by atoms with E-state index in [1.165, 1.54) is 0 Å². The fourth-order valence-corrected chi connectivity index (χ4v) is 2.62. The first-order valence-corrected chi connectivity index (χ1v) is 5.97. The molecule has 2 aliphatic rings. The summed E-state index contributed by atoms with van der Waals surface area (Å²) in [5.74, 6) is -0.969. The van der Waals surface area contributed by atoms with Crippen molar-refractivity contribution in [1.82, 2.24) is 10.6 Å². The second-order valence-electron chi connectivity index (χ2n) is 4.47. The average Bonchev–Trinajstić information content (AvgIpc) is 2.30. The molecule has 4 amide bonds. The maximum atomic E-state index is 12.0. The maximum Gasteiger partial charge on any atom is 2.00 e. The molecule has 0 spiro atoms. The molecule has 1 aliphatic carbocycles. The van der Waals surface area contributed by atoms with Crippen molar-refractivity contribution in [3.8, 4) is 0 Å². The van der Waals surface area contributed by atoms with E-state index in [9.17, 15) is 14.4 Å². The smallest absolute Gasteiger partial charge is 1.00 e. The van der Waals surface area contributed by atoms with Crippen LogP contribution in [0.4, 0.5) is 4.79 Å². The zero-order valence-corrected chi connectivity index (χ0v) is 12.8. The summed E-state index contributed by atoms with van der Waals surface area (Å²) in [6.07, 6.45) is 6.08. The van der Waals surface area contributed by atoms with Gasteiger partial charge in [-0.05, 0) is 37.7 Å². The van der Waals surface area contributed by atoms with Crippen LogP contribution < -0.4 is 10.6 Å². The topological polar surface area (TPSA) is 75.3 Å². The van der Waals surface area contributed by atoms with Gasteiger partial charge in [0.25, 0.3) is 0 Å². The van der Waals surface area contributed by atoms with Gasteiger partial charge in [0.05, 0.1) is 0 Å². The maximum absolute atomic E-state index is 12.0. The predicted molar refractivity (Wildman–Crippen MR) is 68.9 cm³/mol. The number of urea groups is 1. The number of imide groups is 2. The van der Waals surface area contributed by atoms with E-state index in [1.54, 1.807) is 6.92 Å². The summed E-state index contributed by atoms with van der Waals surface area (Å²) in [6, 6.07) is -0.722. The van der Waals surface area contributed by atoms with E-state index in [0.717, 1.165) is 31.3 Å². The van der Waals surface area contributed by atoms with Crippen LogP contribution >= 0.6 is 0 Å².